The third kappa shape index (κ3) is 2.16. The van der Waals surface area contributed by atoms with Gasteiger partial charge in [0.1, 0.15) is 6.10 Å². The summed E-state index contributed by atoms with van der Waals surface area (Å²) < 4.78 is 6.40. The highest BCUT2D eigenvalue weighted by atomic mass is 32.1. The number of para-hydroxylation sites is 1. The first kappa shape index (κ1) is 10.7. The Morgan fingerprint density at radius 1 is 1.47 bits per heavy atom. The molecule has 1 aromatic heterocycles. The third-order valence-electron chi connectivity index (χ3n) is 2.75. The molecule has 2 aromatic rings. The number of carbonyl (C=O) groups is 1. The zero-order valence-electron chi connectivity index (χ0n) is 9.18. The predicted octanol–water partition coefficient (Wildman–Crippen LogP) is 2.41. The van der Waals surface area contributed by atoms with Gasteiger partial charge in [0.2, 0.25) is 0 Å². The molecule has 1 N–H and O–H groups in total. The largest absolute Gasteiger partial charge is 0.368 e. The minimum atomic E-state index is -0.304. The van der Waals surface area contributed by atoms with Gasteiger partial charge < -0.3 is 4.74 Å². The number of hydrogen-bond donors (Lipinski definition) is 1. The fraction of sp³-hybridized carbons (Fsp3) is 0.333. The van der Waals surface area contributed by atoms with Crippen LogP contribution in [0.3, 0.4) is 0 Å². The first-order chi connectivity index (χ1) is 8.33. The van der Waals surface area contributed by atoms with Crippen LogP contribution in [-0.4, -0.2) is 23.6 Å². The lowest BCUT2D eigenvalue weighted by Gasteiger charge is -2.07. The summed E-state index contributed by atoms with van der Waals surface area (Å²) in [5, 5.41) is 3.46. The molecule has 1 aliphatic heterocycles. The number of rotatable bonds is 2. The van der Waals surface area contributed by atoms with Gasteiger partial charge in [-0.15, -0.1) is 0 Å². The van der Waals surface area contributed by atoms with E-state index >= 15 is 0 Å². The van der Waals surface area contributed by atoms with Gasteiger partial charge in [-0.2, -0.15) is 0 Å². The maximum atomic E-state index is 11.8. The summed E-state index contributed by atoms with van der Waals surface area (Å²) in [4.78, 5) is 16.2. The van der Waals surface area contributed by atoms with Gasteiger partial charge in [0.15, 0.2) is 5.13 Å². The van der Waals surface area contributed by atoms with Gasteiger partial charge in [0.05, 0.1) is 10.2 Å². The summed E-state index contributed by atoms with van der Waals surface area (Å²) in [6.45, 7) is 0.679. The van der Waals surface area contributed by atoms with Crippen molar-refractivity contribution in [2.24, 2.45) is 0 Å². The standard InChI is InChI=1S/C12H12N2O2S/c15-11(9-5-3-7-16-9)14-12-13-8-4-1-2-6-10(8)17-12/h1-2,4,6,9H,3,5,7H2,(H,13,14,15)/t9-/m1/s1. The number of fused-ring (bicyclic) bond motifs is 1. The van der Waals surface area contributed by atoms with Crippen molar-refractivity contribution in [3.63, 3.8) is 0 Å². The molecule has 1 aliphatic rings. The Morgan fingerprint density at radius 2 is 2.35 bits per heavy atom. The van der Waals surface area contributed by atoms with Gasteiger partial charge in [-0.1, -0.05) is 23.5 Å². The van der Waals surface area contributed by atoms with Gasteiger partial charge >= 0.3 is 0 Å². The number of benzene rings is 1. The van der Waals surface area contributed by atoms with Crippen molar-refractivity contribution >= 4 is 32.6 Å². The fourth-order valence-corrected chi connectivity index (χ4v) is 2.76. The van der Waals surface area contributed by atoms with Crippen molar-refractivity contribution in [3.8, 4) is 0 Å². The molecule has 4 nitrogen and oxygen atoms in total. The molecule has 17 heavy (non-hydrogen) atoms. The maximum Gasteiger partial charge on any atom is 0.255 e. The van der Waals surface area contributed by atoms with E-state index in [0.717, 1.165) is 23.1 Å². The van der Waals surface area contributed by atoms with Crippen LogP contribution in [0.1, 0.15) is 12.8 Å². The number of amides is 1. The van der Waals surface area contributed by atoms with E-state index in [-0.39, 0.29) is 12.0 Å². The molecule has 1 saturated heterocycles. The molecule has 1 aromatic carbocycles. The Balaban J connectivity index is 1.77. The highest BCUT2D eigenvalue weighted by molar-refractivity contribution is 7.22. The van der Waals surface area contributed by atoms with Gasteiger partial charge in [0, 0.05) is 6.61 Å². The van der Waals surface area contributed by atoms with E-state index in [1.165, 1.54) is 11.3 Å². The van der Waals surface area contributed by atoms with Crippen molar-refractivity contribution in [2.45, 2.75) is 18.9 Å². The monoisotopic (exact) mass is 248 g/mol. The molecular formula is C12H12N2O2S. The molecule has 2 heterocycles. The summed E-state index contributed by atoms with van der Waals surface area (Å²) in [7, 11) is 0. The SMILES string of the molecule is O=C(Nc1nc2ccccc2s1)[C@H]1CCCO1. The Bertz CT molecular complexity index is 513. The van der Waals surface area contributed by atoms with E-state index in [1.807, 2.05) is 24.3 Å². The molecule has 0 saturated carbocycles. The summed E-state index contributed by atoms with van der Waals surface area (Å²) >= 11 is 1.49. The van der Waals surface area contributed by atoms with Gasteiger partial charge in [-0.25, -0.2) is 4.98 Å². The summed E-state index contributed by atoms with van der Waals surface area (Å²) in [5.74, 6) is -0.0819. The van der Waals surface area contributed by atoms with Crippen molar-refractivity contribution in [2.75, 3.05) is 11.9 Å². The predicted molar refractivity (Wildman–Crippen MR) is 67.2 cm³/mol. The average molecular weight is 248 g/mol. The molecule has 0 bridgehead atoms. The summed E-state index contributed by atoms with van der Waals surface area (Å²) in [6, 6.07) is 7.84. The normalized spacial score (nSPS) is 19.6. The van der Waals surface area contributed by atoms with Crippen LogP contribution in [0.4, 0.5) is 5.13 Å². The van der Waals surface area contributed by atoms with Crippen LogP contribution in [0.2, 0.25) is 0 Å². The van der Waals surface area contributed by atoms with Crippen LogP contribution in [0.15, 0.2) is 24.3 Å². The molecule has 88 valence electrons. The molecule has 1 atom stereocenters. The number of thiazole rings is 1. The lowest BCUT2D eigenvalue weighted by molar-refractivity contribution is -0.124. The number of aromatic nitrogens is 1. The minimum Gasteiger partial charge on any atom is -0.368 e. The molecule has 1 fully saturated rings. The van der Waals surface area contributed by atoms with E-state index in [0.29, 0.717) is 11.7 Å². The summed E-state index contributed by atoms with van der Waals surface area (Å²) in [5.41, 5.74) is 0.917. The number of anilines is 1. The summed E-state index contributed by atoms with van der Waals surface area (Å²) in [6.07, 6.45) is 1.45. The number of ether oxygens (including phenoxy) is 1. The van der Waals surface area contributed by atoms with Crippen LogP contribution >= 0.6 is 11.3 Å². The number of hydrogen-bond acceptors (Lipinski definition) is 4. The van der Waals surface area contributed by atoms with E-state index in [2.05, 4.69) is 10.3 Å². The van der Waals surface area contributed by atoms with E-state index in [1.54, 1.807) is 0 Å². The Labute approximate surface area is 103 Å². The topological polar surface area (TPSA) is 51.2 Å². The highest BCUT2D eigenvalue weighted by Crippen LogP contribution is 2.26. The molecule has 0 spiro atoms. The maximum absolute atomic E-state index is 11.8. The molecule has 0 unspecified atom stereocenters. The van der Waals surface area contributed by atoms with Gasteiger partial charge in [0.25, 0.3) is 5.91 Å². The lowest BCUT2D eigenvalue weighted by atomic mass is 10.2. The van der Waals surface area contributed by atoms with Crippen molar-refractivity contribution in [3.05, 3.63) is 24.3 Å². The van der Waals surface area contributed by atoms with E-state index in [9.17, 15) is 4.79 Å². The molecular weight excluding hydrogens is 236 g/mol. The number of carbonyl (C=O) groups excluding carboxylic acids is 1. The Hall–Kier alpha value is -1.46. The number of nitrogens with zero attached hydrogens (tertiary/aromatic N) is 1. The zero-order valence-corrected chi connectivity index (χ0v) is 10.00. The van der Waals surface area contributed by atoms with Gasteiger partial charge in [-0.05, 0) is 25.0 Å². The van der Waals surface area contributed by atoms with Crippen LogP contribution in [-0.2, 0) is 9.53 Å². The third-order valence-corrected chi connectivity index (χ3v) is 3.70. The van der Waals surface area contributed by atoms with E-state index < -0.39 is 0 Å². The second-order valence-electron chi connectivity index (χ2n) is 3.98. The lowest BCUT2D eigenvalue weighted by Crippen LogP contribution is -2.26. The first-order valence-electron chi connectivity index (χ1n) is 5.61. The first-order valence-corrected chi connectivity index (χ1v) is 6.42. The number of nitrogens with one attached hydrogen (secondary N) is 1. The average Bonchev–Trinajstić information content (AvgIpc) is 2.97. The Morgan fingerprint density at radius 3 is 3.12 bits per heavy atom. The molecule has 5 heteroatoms. The van der Waals surface area contributed by atoms with Crippen LogP contribution < -0.4 is 5.32 Å². The van der Waals surface area contributed by atoms with Crippen molar-refractivity contribution in [1.29, 1.82) is 0 Å². The molecule has 1 amide bonds. The zero-order chi connectivity index (χ0) is 11.7. The van der Waals surface area contributed by atoms with Gasteiger partial charge in [-0.3, -0.25) is 10.1 Å². The highest BCUT2D eigenvalue weighted by Gasteiger charge is 2.24. The van der Waals surface area contributed by atoms with Crippen LogP contribution in [0.25, 0.3) is 10.2 Å². The second-order valence-corrected chi connectivity index (χ2v) is 5.01. The molecule has 0 aliphatic carbocycles. The fourth-order valence-electron chi connectivity index (χ4n) is 1.90. The second kappa shape index (κ2) is 4.43. The van der Waals surface area contributed by atoms with Crippen molar-refractivity contribution < 1.29 is 9.53 Å². The molecule has 3 rings (SSSR count). The molecule has 0 radical (unpaired) electrons. The Kier molecular flexibility index (Phi) is 2.78. The van der Waals surface area contributed by atoms with E-state index in [4.69, 9.17) is 4.74 Å². The van der Waals surface area contributed by atoms with Crippen LogP contribution in [0.5, 0.6) is 0 Å². The quantitative estimate of drug-likeness (QED) is 0.888. The smallest absolute Gasteiger partial charge is 0.255 e. The van der Waals surface area contributed by atoms with Crippen molar-refractivity contribution in [1.82, 2.24) is 4.98 Å². The minimum absolute atomic E-state index is 0.0819. The van der Waals surface area contributed by atoms with Crippen LogP contribution in [0, 0.1) is 0 Å².